The van der Waals surface area contributed by atoms with Crippen LogP contribution in [0.1, 0.15) is 37.7 Å². The van der Waals surface area contributed by atoms with Crippen LogP contribution in [0.3, 0.4) is 0 Å². The summed E-state index contributed by atoms with van der Waals surface area (Å²) in [4.78, 5) is 0.348. The average molecular weight is 295 g/mol. The first-order chi connectivity index (χ1) is 9.63. The van der Waals surface area contributed by atoms with Crippen LogP contribution in [0, 0.1) is 5.92 Å². The van der Waals surface area contributed by atoms with Gasteiger partial charge >= 0.3 is 0 Å². The van der Waals surface area contributed by atoms with E-state index in [0.717, 1.165) is 24.8 Å². The molecule has 20 heavy (non-hydrogen) atoms. The summed E-state index contributed by atoms with van der Waals surface area (Å²) in [7, 11) is -3.38. The van der Waals surface area contributed by atoms with Crippen molar-refractivity contribution in [2.45, 2.75) is 49.6 Å². The van der Waals surface area contributed by atoms with Crippen molar-refractivity contribution in [1.82, 2.24) is 4.31 Å². The third kappa shape index (κ3) is 2.38. The predicted molar refractivity (Wildman–Crippen MR) is 76.6 cm³/mol. The molecule has 0 spiro atoms. The largest absolute Gasteiger partial charge is 0.392 e. The molecule has 1 heterocycles. The summed E-state index contributed by atoms with van der Waals surface area (Å²) in [5.74, 6) is 0.551. The maximum absolute atomic E-state index is 12.8. The van der Waals surface area contributed by atoms with E-state index in [1.165, 1.54) is 12.8 Å². The summed E-state index contributed by atoms with van der Waals surface area (Å²) >= 11 is 0. The number of benzene rings is 1. The maximum Gasteiger partial charge on any atom is 0.243 e. The van der Waals surface area contributed by atoms with Crippen LogP contribution in [0.5, 0.6) is 0 Å². The van der Waals surface area contributed by atoms with E-state index in [-0.39, 0.29) is 12.6 Å². The van der Waals surface area contributed by atoms with Crippen molar-refractivity contribution >= 4 is 10.0 Å². The summed E-state index contributed by atoms with van der Waals surface area (Å²) < 4.78 is 27.2. The van der Waals surface area contributed by atoms with Crippen LogP contribution in [0.15, 0.2) is 29.2 Å². The van der Waals surface area contributed by atoms with Gasteiger partial charge in [-0.25, -0.2) is 8.42 Å². The van der Waals surface area contributed by atoms with Gasteiger partial charge in [0.15, 0.2) is 0 Å². The lowest BCUT2D eigenvalue weighted by atomic mass is 9.86. The smallest absolute Gasteiger partial charge is 0.243 e. The predicted octanol–water partition coefficient (Wildman–Crippen LogP) is 2.13. The molecule has 0 radical (unpaired) electrons. The van der Waals surface area contributed by atoms with Crippen LogP contribution in [-0.2, 0) is 16.6 Å². The number of hydrogen-bond donors (Lipinski definition) is 1. The van der Waals surface area contributed by atoms with Crippen molar-refractivity contribution in [3.8, 4) is 0 Å². The fourth-order valence-corrected chi connectivity index (χ4v) is 5.29. The second-order valence-corrected chi connectivity index (χ2v) is 7.71. The number of aliphatic hydroxyl groups is 1. The fraction of sp³-hybridized carbons (Fsp3) is 0.600. The Balaban J connectivity index is 1.87. The second-order valence-electron chi connectivity index (χ2n) is 5.82. The monoisotopic (exact) mass is 295 g/mol. The average Bonchev–Trinajstić information content (AvgIpc) is 2.92. The number of aliphatic hydroxyl groups excluding tert-OH is 1. The van der Waals surface area contributed by atoms with Crippen LogP contribution < -0.4 is 0 Å². The molecule has 2 unspecified atom stereocenters. The molecule has 1 saturated heterocycles. The van der Waals surface area contributed by atoms with Gasteiger partial charge in [-0.05, 0) is 42.9 Å². The molecule has 1 aliphatic heterocycles. The third-order valence-corrected chi connectivity index (χ3v) is 6.61. The van der Waals surface area contributed by atoms with Crippen molar-refractivity contribution in [3.63, 3.8) is 0 Å². The number of nitrogens with zero attached hydrogens (tertiary/aromatic N) is 1. The van der Waals surface area contributed by atoms with Crippen molar-refractivity contribution in [2.75, 3.05) is 6.54 Å². The van der Waals surface area contributed by atoms with Crippen LogP contribution in [0.4, 0.5) is 0 Å². The van der Waals surface area contributed by atoms with E-state index in [9.17, 15) is 8.42 Å². The highest BCUT2D eigenvalue weighted by Gasteiger charge is 2.42. The van der Waals surface area contributed by atoms with Gasteiger partial charge in [0.2, 0.25) is 10.0 Å². The SMILES string of the molecule is O=S(=O)(c1ccc(CO)cc1)N1CCC2CCCCC21. The van der Waals surface area contributed by atoms with Crippen molar-refractivity contribution < 1.29 is 13.5 Å². The van der Waals surface area contributed by atoms with E-state index in [1.54, 1.807) is 28.6 Å². The minimum Gasteiger partial charge on any atom is -0.392 e. The molecule has 5 heteroatoms. The van der Waals surface area contributed by atoms with Gasteiger partial charge in [-0.3, -0.25) is 0 Å². The molecule has 1 aromatic rings. The first-order valence-corrected chi connectivity index (χ1v) is 8.78. The van der Waals surface area contributed by atoms with Crippen molar-refractivity contribution in [3.05, 3.63) is 29.8 Å². The molecule has 1 N–H and O–H groups in total. The number of hydrogen-bond acceptors (Lipinski definition) is 3. The van der Waals surface area contributed by atoms with E-state index in [0.29, 0.717) is 17.4 Å². The van der Waals surface area contributed by atoms with E-state index >= 15 is 0 Å². The molecular formula is C15H21NO3S. The highest BCUT2D eigenvalue weighted by molar-refractivity contribution is 7.89. The summed E-state index contributed by atoms with van der Waals surface area (Å²) in [6.07, 6.45) is 5.54. The Labute approximate surface area is 120 Å². The molecule has 2 aliphatic rings. The van der Waals surface area contributed by atoms with Gasteiger partial charge in [0, 0.05) is 12.6 Å². The topological polar surface area (TPSA) is 57.6 Å². The zero-order chi connectivity index (χ0) is 14.2. The van der Waals surface area contributed by atoms with Gasteiger partial charge in [0.25, 0.3) is 0 Å². The van der Waals surface area contributed by atoms with Gasteiger partial charge in [-0.15, -0.1) is 0 Å². The first-order valence-electron chi connectivity index (χ1n) is 7.34. The van der Waals surface area contributed by atoms with Gasteiger partial charge in [0.1, 0.15) is 0 Å². The van der Waals surface area contributed by atoms with Crippen LogP contribution in [-0.4, -0.2) is 30.4 Å². The standard InChI is InChI=1S/C15H21NO3S/c17-11-12-5-7-14(8-6-12)20(18,19)16-10-9-13-3-1-2-4-15(13)16/h5-8,13,15,17H,1-4,9-11H2. The molecule has 0 amide bonds. The normalized spacial score (nSPS) is 27.4. The first kappa shape index (κ1) is 14.0. The summed E-state index contributed by atoms with van der Waals surface area (Å²) in [6, 6.07) is 6.78. The quantitative estimate of drug-likeness (QED) is 0.929. The van der Waals surface area contributed by atoms with E-state index in [1.807, 2.05) is 0 Å². The number of rotatable bonds is 3. The molecular weight excluding hydrogens is 274 g/mol. The summed E-state index contributed by atoms with van der Waals surface area (Å²) in [6.45, 7) is 0.591. The highest BCUT2D eigenvalue weighted by Crippen LogP contribution is 2.39. The molecule has 1 aliphatic carbocycles. The molecule has 1 saturated carbocycles. The van der Waals surface area contributed by atoms with E-state index < -0.39 is 10.0 Å². The zero-order valence-corrected chi connectivity index (χ0v) is 12.3. The minimum absolute atomic E-state index is 0.0608. The van der Waals surface area contributed by atoms with Crippen LogP contribution >= 0.6 is 0 Å². The molecule has 4 nitrogen and oxygen atoms in total. The van der Waals surface area contributed by atoms with E-state index in [2.05, 4.69) is 0 Å². The van der Waals surface area contributed by atoms with Gasteiger partial charge < -0.3 is 5.11 Å². The van der Waals surface area contributed by atoms with Gasteiger partial charge in [0.05, 0.1) is 11.5 Å². The second kappa shape index (κ2) is 5.47. The van der Waals surface area contributed by atoms with Gasteiger partial charge in [-0.2, -0.15) is 4.31 Å². The van der Waals surface area contributed by atoms with Crippen molar-refractivity contribution in [1.29, 1.82) is 0 Å². The molecule has 110 valence electrons. The lowest BCUT2D eigenvalue weighted by Crippen LogP contribution is -2.39. The van der Waals surface area contributed by atoms with Crippen LogP contribution in [0.2, 0.25) is 0 Å². The molecule has 0 aromatic heterocycles. The van der Waals surface area contributed by atoms with Gasteiger partial charge in [-0.1, -0.05) is 25.0 Å². The van der Waals surface area contributed by atoms with Crippen molar-refractivity contribution in [2.24, 2.45) is 5.92 Å². The molecule has 1 aromatic carbocycles. The Morgan fingerprint density at radius 3 is 2.50 bits per heavy atom. The van der Waals surface area contributed by atoms with Crippen LogP contribution in [0.25, 0.3) is 0 Å². The third-order valence-electron chi connectivity index (χ3n) is 4.67. The lowest BCUT2D eigenvalue weighted by molar-refractivity contribution is 0.260. The highest BCUT2D eigenvalue weighted by atomic mass is 32.2. The Morgan fingerprint density at radius 1 is 1.10 bits per heavy atom. The van der Waals surface area contributed by atoms with E-state index in [4.69, 9.17) is 5.11 Å². The Morgan fingerprint density at radius 2 is 1.80 bits per heavy atom. The summed E-state index contributed by atoms with van der Waals surface area (Å²) in [5.41, 5.74) is 0.737. The summed E-state index contributed by atoms with van der Waals surface area (Å²) in [5, 5.41) is 9.04. The Bertz CT molecular complexity index is 567. The molecule has 2 atom stereocenters. The number of sulfonamides is 1. The molecule has 3 rings (SSSR count). The lowest BCUT2D eigenvalue weighted by Gasteiger charge is -2.31. The number of fused-ring (bicyclic) bond motifs is 1. The maximum atomic E-state index is 12.8. The molecule has 0 bridgehead atoms. The Kier molecular flexibility index (Phi) is 3.84. The Hall–Kier alpha value is -0.910. The minimum atomic E-state index is -3.38. The zero-order valence-electron chi connectivity index (χ0n) is 11.5. The fourth-order valence-electron chi connectivity index (χ4n) is 3.56. The molecule has 2 fully saturated rings.